The molecule has 150 valence electrons. The number of benzene rings is 1. The largest absolute Gasteiger partial charge is 0.382 e. The molecule has 0 saturated carbocycles. The third-order valence-electron chi connectivity index (χ3n) is 3.87. The Labute approximate surface area is 178 Å². The summed E-state index contributed by atoms with van der Waals surface area (Å²) in [5.74, 6) is -0.586. The van der Waals surface area contributed by atoms with E-state index in [0.717, 1.165) is 5.57 Å². The van der Waals surface area contributed by atoms with Crippen LogP contribution in [0.5, 0.6) is 0 Å². The van der Waals surface area contributed by atoms with Crippen molar-refractivity contribution in [1.29, 1.82) is 0 Å². The van der Waals surface area contributed by atoms with E-state index < -0.39 is 5.91 Å². The molecule has 1 heterocycles. The molecule has 0 bridgehead atoms. The van der Waals surface area contributed by atoms with Crippen LogP contribution in [0.15, 0.2) is 65.3 Å². The summed E-state index contributed by atoms with van der Waals surface area (Å²) in [6, 6.07) is 6.95. The molecule has 4 N–H and O–H groups in total. The normalized spacial score (nSPS) is 11.8. The molecule has 0 aliphatic carbocycles. The molecule has 8 heteroatoms. The Balaban J connectivity index is 2.15. The summed E-state index contributed by atoms with van der Waals surface area (Å²) >= 11 is 3.19. The number of allylic oxidation sites excluding steroid dienone is 4. The second kappa shape index (κ2) is 10.9. The Kier molecular flexibility index (Phi) is 8.29. The molecular formula is C21H22BrN5O2. The van der Waals surface area contributed by atoms with Gasteiger partial charge in [0.25, 0.3) is 11.8 Å². The summed E-state index contributed by atoms with van der Waals surface area (Å²) in [6.07, 6.45) is 9.02. The van der Waals surface area contributed by atoms with Crippen LogP contribution in [0.2, 0.25) is 0 Å². The van der Waals surface area contributed by atoms with Crippen molar-refractivity contribution in [3.05, 3.63) is 76.6 Å². The van der Waals surface area contributed by atoms with Gasteiger partial charge in [0.15, 0.2) is 11.5 Å². The Morgan fingerprint density at radius 1 is 1.21 bits per heavy atom. The van der Waals surface area contributed by atoms with Crippen molar-refractivity contribution in [2.45, 2.75) is 6.92 Å². The lowest BCUT2D eigenvalue weighted by molar-refractivity contribution is 0.0949. The minimum absolute atomic E-state index is 0.0448. The average molecular weight is 456 g/mol. The molecule has 0 radical (unpaired) electrons. The lowest BCUT2D eigenvalue weighted by atomic mass is 10.1. The van der Waals surface area contributed by atoms with Gasteiger partial charge in [-0.3, -0.25) is 9.59 Å². The number of rotatable bonds is 7. The first-order valence-electron chi connectivity index (χ1n) is 8.78. The molecule has 1 aromatic heterocycles. The van der Waals surface area contributed by atoms with Gasteiger partial charge in [0.1, 0.15) is 0 Å². The van der Waals surface area contributed by atoms with Crippen LogP contribution in [-0.4, -0.2) is 35.4 Å². The number of nitrogens with zero attached hydrogens (tertiary/aromatic N) is 2. The molecule has 0 saturated heterocycles. The predicted molar refractivity (Wildman–Crippen MR) is 119 cm³/mol. The number of nitrogen functional groups attached to an aromatic ring is 1. The number of nitrogens with two attached hydrogens (primary N) is 1. The van der Waals surface area contributed by atoms with Crippen molar-refractivity contribution in [3.8, 4) is 11.3 Å². The van der Waals surface area contributed by atoms with Crippen molar-refractivity contribution >= 4 is 33.6 Å². The van der Waals surface area contributed by atoms with Crippen LogP contribution in [0.1, 0.15) is 27.8 Å². The summed E-state index contributed by atoms with van der Waals surface area (Å²) in [5.41, 5.74) is 8.37. The van der Waals surface area contributed by atoms with E-state index in [2.05, 4.69) is 36.5 Å². The molecule has 2 aromatic rings. The smallest absolute Gasteiger partial charge is 0.273 e. The van der Waals surface area contributed by atoms with Gasteiger partial charge in [-0.1, -0.05) is 57.9 Å². The lowest BCUT2D eigenvalue weighted by Crippen LogP contribution is -2.25. The Morgan fingerprint density at radius 2 is 2.00 bits per heavy atom. The summed E-state index contributed by atoms with van der Waals surface area (Å²) in [5, 5.41) is 5.36. The molecule has 7 nitrogen and oxygen atoms in total. The minimum Gasteiger partial charge on any atom is -0.382 e. The fraction of sp³-hybridized carbons (Fsp3) is 0.143. The highest BCUT2D eigenvalue weighted by Gasteiger charge is 2.14. The van der Waals surface area contributed by atoms with E-state index in [1.54, 1.807) is 29.3 Å². The summed E-state index contributed by atoms with van der Waals surface area (Å²) in [6.45, 7) is 2.36. The highest BCUT2D eigenvalue weighted by Crippen LogP contribution is 2.20. The van der Waals surface area contributed by atoms with Gasteiger partial charge in [-0.05, 0) is 24.0 Å². The highest BCUT2D eigenvalue weighted by atomic mass is 79.9. The van der Waals surface area contributed by atoms with Crippen molar-refractivity contribution in [2.75, 3.05) is 19.3 Å². The molecule has 0 fully saturated rings. The van der Waals surface area contributed by atoms with Crippen LogP contribution >= 0.6 is 15.9 Å². The van der Waals surface area contributed by atoms with Gasteiger partial charge in [-0.15, -0.1) is 0 Å². The third kappa shape index (κ3) is 6.39. The molecule has 0 unspecified atom stereocenters. The van der Waals surface area contributed by atoms with Crippen molar-refractivity contribution in [3.63, 3.8) is 0 Å². The quantitative estimate of drug-likeness (QED) is 0.555. The summed E-state index contributed by atoms with van der Waals surface area (Å²) in [4.78, 5) is 34.4. The van der Waals surface area contributed by atoms with Gasteiger partial charge in [0, 0.05) is 24.7 Å². The predicted octanol–water partition coefficient (Wildman–Crippen LogP) is 3.23. The zero-order valence-corrected chi connectivity index (χ0v) is 17.7. The van der Waals surface area contributed by atoms with E-state index in [-0.39, 0.29) is 17.4 Å². The molecule has 0 spiro atoms. The Hall–Kier alpha value is -3.26. The molecular weight excluding hydrogens is 434 g/mol. The fourth-order valence-corrected chi connectivity index (χ4v) is 2.53. The van der Waals surface area contributed by atoms with Gasteiger partial charge in [-0.2, -0.15) is 0 Å². The van der Waals surface area contributed by atoms with Crippen LogP contribution in [0, 0.1) is 0 Å². The summed E-state index contributed by atoms with van der Waals surface area (Å²) < 4.78 is 0. The van der Waals surface area contributed by atoms with Crippen molar-refractivity contribution in [2.24, 2.45) is 0 Å². The molecule has 0 aliphatic heterocycles. The molecule has 2 rings (SSSR count). The average Bonchev–Trinajstić information content (AvgIpc) is 2.75. The van der Waals surface area contributed by atoms with Crippen LogP contribution in [0.3, 0.4) is 0 Å². The number of aromatic nitrogens is 2. The fourth-order valence-electron chi connectivity index (χ4n) is 2.35. The maximum absolute atomic E-state index is 12.5. The van der Waals surface area contributed by atoms with Gasteiger partial charge >= 0.3 is 0 Å². The van der Waals surface area contributed by atoms with E-state index in [9.17, 15) is 9.59 Å². The van der Waals surface area contributed by atoms with Crippen LogP contribution in [-0.2, 0) is 0 Å². The van der Waals surface area contributed by atoms with E-state index in [1.165, 1.54) is 13.2 Å². The van der Waals surface area contributed by atoms with Crippen LogP contribution in [0.4, 0.5) is 5.82 Å². The van der Waals surface area contributed by atoms with E-state index in [1.807, 2.05) is 31.2 Å². The first-order valence-corrected chi connectivity index (χ1v) is 9.70. The van der Waals surface area contributed by atoms with Gasteiger partial charge in [-0.25, -0.2) is 9.97 Å². The van der Waals surface area contributed by atoms with Gasteiger partial charge in [0.05, 0.1) is 11.9 Å². The van der Waals surface area contributed by atoms with Crippen molar-refractivity contribution < 1.29 is 9.59 Å². The number of hydrogen-bond acceptors (Lipinski definition) is 5. The second-order valence-corrected chi connectivity index (χ2v) is 6.58. The lowest BCUT2D eigenvalue weighted by Gasteiger charge is -2.09. The first-order chi connectivity index (χ1) is 14.0. The van der Waals surface area contributed by atoms with Crippen LogP contribution in [0.25, 0.3) is 11.3 Å². The number of hydrogen-bond donors (Lipinski definition) is 3. The number of halogens is 1. The maximum Gasteiger partial charge on any atom is 0.273 e. The number of amides is 2. The zero-order chi connectivity index (χ0) is 21.2. The number of carbonyl (C=O) groups is 2. The molecule has 29 heavy (non-hydrogen) atoms. The number of anilines is 1. The Morgan fingerprint density at radius 3 is 2.72 bits per heavy atom. The SMILES string of the molecule is CNC(=O)c1nc(-c2cccc(C(=O)NC/C(C)=C/C=C\C=C\Br)c2)cnc1N. The minimum atomic E-state index is -0.423. The van der Waals surface area contributed by atoms with E-state index in [4.69, 9.17) is 5.73 Å². The van der Waals surface area contributed by atoms with E-state index in [0.29, 0.717) is 23.4 Å². The van der Waals surface area contributed by atoms with Gasteiger partial charge in [0.2, 0.25) is 0 Å². The second-order valence-electron chi connectivity index (χ2n) is 6.05. The molecule has 0 aliphatic rings. The first kappa shape index (κ1) is 22.0. The number of carbonyl (C=O) groups excluding carboxylic acids is 2. The molecule has 1 aromatic carbocycles. The topological polar surface area (TPSA) is 110 Å². The van der Waals surface area contributed by atoms with Crippen molar-refractivity contribution in [1.82, 2.24) is 20.6 Å². The van der Waals surface area contributed by atoms with Gasteiger partial charge < -0.3 is 16.4 Å². The maximum atomic E-state index is 12.5. The Bertz CT molecular complexity index is 983. The molecule has 0 atom stereocenters. The summed E-state index contributed by atoms with van der Waals surface area (Å²) in [7, 11) is 1.49. The monoisotopic (exact) mass is 455 g/mol. The highest BCUT2D eigenvalue weighted by molar-refractivity contribution is 9.11. The molecule has 2 amide bonds. The van der Waals surface area contributed by atoms with E-state index >= 15 is 0 Å². The standard InChI is InChI=1S/C21H22BrN5O2/c1-14(7-4-3-5-10-22)12-26-20(28)16-9-6-8-15(11-16)17-13-25-19(23)18(27-17)21(29)24-2/h3-11,13H,12H2,1-2H3,(H2,23,25)(H,24,29)(H,26,28)/b4-3-,10-5+,14-7+. The zero-order valence-electron chi connectivity index (χ0n) is 16.1. The number of nitrogens with one attached hydrogen (secondary N) is 2. The third-order valence-corrected chi connectivity index (χ3v) is 4.17. The van der Waals surface area contributed by atoms with Crippen LogP contribution < -0.4 is 16.4 Å².